The van der Waals surface area contributed by atoms with Crippen molar-refractivity contribution in [2.24, 2.45) is 0 Å². The van der Waals surface area contributed by atoms with Gasteiger partial charge in [-0.2, -0.15) is 5.10 Å². The minimum atomic E-state index is -0.0987. The Morgan fingerprint density at radius 1 is 1.24 bits per heavy atom. The van der Waals surface area contributed by atoms with E-state index in [1.54, 1.807) is 29.9 Å². The van der Waals surface area contributed by atoms with E-state index in [0.717, 1.165) is 18.7 Å². The maximum Gasteiger partial charge on any atom is 0.345 e. The molecule has 0 atom stereocenters. The lowest BCUT2D eigenvalue weighted by molar-refractivity contribution is 0.0709. The normalized spacial score (nSPS) is 16.4. The van der Waals surface area contributed by atoms with Crippen molar-refractivity contribution in [1.29, 1.82) is 0 Å². The molecule has 4 rings (SSSR count). The molecule has 2 aromatic rings. The highest BCUT2D eigenvalue weighted by molar-refractivity contribution is 5.95. The lowest BCUT2D eigenvalue weighted by atomic mass is 9.95. The quantitative estimate of drug-likeness (QED) is 0.727. The zero-order chi connectivity index (χ0) is 20.4. The monoisotopic (exact) mass is 402 g/mol. The van der Waals surface area contributed by atoms with Gasteiger partial charge in [0.2, 0.25) is 6.79 Å². The van der Waals surface area contributed by atoms with E-state index in [1.807, 2.05) is 11.8 Å². The Labute approximate surface area is 168 Å². The molecule has 1 saturated heterocycles. The molecule has 1 aromatic heterocycles. The van der Waals surface area contributed by atoms with Crippen molar-refractivity contribution in [2.45, 2.75) is 38.8 Å². The average Bonchev–Trinajstić information content (AvgIpc) is 3.35. The SMILES string of the molecule is CCn1c(C2CCN(C(=O)c3ccc4c(c3)OCO4)CC2)nn(CCOC)c1=O. The van der Waals surface area contributed by atoms with Gasteiger partial charge in [-0.15, -0.1) is 0 Å². The molecule has 29 heavy (non-hydrogen) atoms. The summed E-state index contributed by atoms with van der Waals surface area (Å²) in [7, 11) is 1.61. The number of likely N-dealkylation sites (tertiary alicyclic amines) is 1. The van der Waals surface area contributed by atoms with Crippen molar-refractivity contribution in [3.05, 3.63) is 40.1 Å². The highest BCUT2D eigenvalue weighted by atomic mass is 16.7. The van der Waals surface area contributed by atoms with E-state index in [2.05, 4.69) is 5.10 Å². The minimum Gasteiger partial charge on any atom is -0.454 e. The molecule has 1 fully saturated rings. The smallest absolute Gasteiger partial charge is 0.345 e. The van der Waals surface area contributed by atoms with Crippen LogP contribution < -0.4 is 15.2 Å². The van der Waals surface area contributed by atoms with Crippen LogP contribution in [-0.4, -0.2) is 58.8 Å². The maximum atomic E-state index is 12.9. The number of hydrogen-bond donors (Lipinski definition) is 0. The molecule has 0 aliphatic carbocycles. The van der Waals surface area contributed by atoms with Crippen molar-refractivity contribution < 1.29 is 19.0 Å². The molecule has 0 saturated carbocycles. The number of benzene rings is 1. The molecule has 2 aliphatic rings. The first-order chi connectivity index (χ1) is 14.1. The van der Waals surface area contributed by atoms with Crippen LogP contribution in [0.15, 0.2) is 23.0 Å². The van der Waals surface area contributed by atoms with E-state index in [-0.39, 0.29) is 24.3 Å². The minimum absolute atomic E-state index is 0.0137. The number of hydrogen-bond acceptors (Lipinski definition) is 6. The summed E-state index contributed by atoms with van der Waals surface area (Å²) < 4.78 is 19.0. The van der Waals surface area contributed by atoms with Gasteiger partial charge in [0, 0.05) is 38.2 Å². The fourth-order valence-corrected chi connectivity index (χ4v) is 3.93. The van der Waals surface area contributed by atoms with Gasteiger partial charge in [-0.3, -0.25) is 9.36 Å². The third kappa shape index (κ3) is 3.74. The summed E-state index contributed by atoms with van der Waals surface area (Å²) in [6.07, 6.45) is 1.55. The van der Waals surface area contributed by atoms with Crippen LogP contribution in [0.1, 0.15) is 41.9 Å². The molecule has 156 valence electrons. The predicted molar refractivity (Wildman–Crippen MR) is 104 cm³/mol. The van der Waals surface area contributed by atoms with Gasteiger partial charge in [-0.25, -0.2) is 9.48 Å². The summed E-state index contributed by atoms with van der Waals surface area (Å²) in [5.74, 6) is 2.23. The number of methoxy groups -OCH3 is 1. The number of aromatic nitrogens is 3. The Kier molecular flexibility index (Phi) is 5.57. The Morgan fingerprint density at radius 2 is 2.00 bits per heavy atom. The van der Waals surface area contributed by atoms with Crippen LogP contribution in [0.2, 0.25) is 0 Å². The van der Waals surface area contributed by atoms with Crippen LogP contribution in [0.25, 0.3) is 0 Å². The van der Waals surface area contributed by atoms with E-state index in [0.29, 0.717) is 49.8 Å². The Morgan fingerprint density at radius 3 is 2.72 bits per heavy atom. The molecule has 1 aromatic carbocycles. The number of piperidine rings is 1. The predicted octanol–water partition coefficient (Wildman–Crippen LogP) is 1.46. The van der Waals surface area contributed by atoms with Crippen molar-refractivity contribution in [3.63, 3.8) is 0 Å². The van der Waals surface area contributed by atoms with Gasteiger partial charge in [0.05, 0.1) is 13.2 Å². The van der Waals surface area contributed by atoms with E-state index >= 15 is 0 Å². The second-order valence-corrected chi connectivity index (χ2v) is 7.24. The Bertz CT molecular complexity index is 943. The maximum absolute atomic E-state index is 12.9. The summed E-state index contributed by atoms with van der Waals surface area (Å²) in [5.41, 5.74) is 0.500. The highest BCUT2D eigenvalue weighted by Crippen LogP contribution is 2.33. The first kappa shape index (κ1) is 19.5. The number of fused-ring (bicyclic) bond motifs is 1. The third-order valence-electron chi connectivity index (χ3n) is 5.54. The van der Waals surface area contributed by atoms with Crippen LogP contribution in [0, 0.1) is 0 Å². The molecule has 0 N–H and O–H groups in total. The molecule has 1 amide bonds. The largest absolute Gasteiger partial charge is 0.454 e. The molecule has 3 heterocycles. The van der Waals surface area contributed by atoms with E-state index in [1.165, 1.54) is 4.68 Å². The zero-order valence-corrected chi connectivity index (χ0v) is 16.8. The van der Waals surface area contributed by atoms with Crippen molar-refractivity contribution in [2.75, 3.05) is 33.6 Å². The third-order valence-corrected chi connectivity index (χ3v) is 5.54. The van der Waals surface area contributed by atoms with Crippen LogP contribution >= 0.6 is 0 Å². The van der Waals surface area contributed by atoms with Gasteiger partial charge in [-0.1, -0.05) is 0 Å². The Hall–Kier alpha value is -2.81. The van der Waals surface area contributed by atoms with E-state index in [9.17, 15) is 9.59 Å². The number of carbonyl (C=O) groups excluding carboxylic acids is 1. The molecule has 9 heteroatoms. The van der Waals surface area contributed by atoms with E-state index < -0.39 is 0 Å². The van der Waals surface area contributed by atoms with Crippen LogP contribution in [0.4, 0.5) is 0 Å². The molecular formula is C20H26N4O5. The standard InChI is InChI=1S/C20H26N4O5/c1-3-23-18(21-24(20(23)26)10-11-27-2)14-6-8-22(9-7-14)19(25)15-4-5-16-17(12-15)29-13-28-16/h4-5,12,14H,3,6-11,13H2,1-2H3. The molecule has 2 aliphatic heterocycles. The van der Waals surface area contributed by atoms with E-state index in [4.69, 9.17) is 14.2 Å². The number of ether oxygens (including phenoxy) is 3. The number of carbonyl (C=O) groups is 1. The highest BCUT2D eigenvalue weighted by Gasteiger charge is 2.29. The van der Waals surface area contributed by atoms with Gasteiger partial charge in [0.25, 0.3) is 5.91 Å². The summed E-state index contributed by atoms with van der Waals surface area (Å²) in [4.78, 5) is 27.3. The lowest BCUT2D eigenvalue weighted by Crippen LogP contribution is -2.38. The van der Waals surface area contributed by atoms with Gasteiger partial charge in [0.15, 0.2) is 11.5 Å². The Balaban J connectivity index is 1.44. The van der Waals surface area contributed by atoms with Crippen molar-refractivity contribution >= 4 is 5.91 Å². The van der Waals surface area contributed by atoms with Crippen LogP contribution in [-0.2, 0) is 17.8 Å². The summed E-state index contributed by atoms with van der Waals surface area (Å²) in [6, 6.07) is 5.28. The van der Waals surface area contributed by atoms with Crippen molar-refractivity contribution in [1.82, 2.24) is 19.2 Å². The fraction of sp³-hybridized carbons (Fsp3) is 0.550. The number of rotatable bonds is 6. The summed E-state index contributed by atoms with van der Waals surface area (Å²) in [5, 5.41) is 4.56. The molecule has 0 spiro atoms. The van der Waals surface area contributed by atoms with Crippen LogP contribution in [0.5, 0.6) is 11.5 Å². The molecule has 0 bridgehead atoms. The first-order valence-corrected chi connectivity index (χ1v) is 9.97. The molecule has 0 unspecified atom stereocenters. The number of amides is 1. The van der Waals surface area contributed by atoms with Gasteiger partial charge in [-0.05, 0) is 38.0 Å². The first-order valence-electron chi connectivity index (χ1n) is 9.97. The van der Waals surface area contributed by atoms with Gasteiger partial charge >= 0.3 is 5.69 Å². The zero-order valence-electron chi connectivity index (χ0n) is 16.8. The van der Waals surface area contributed by atoms with Gasteiger partial charge in [0.1, 0.15) is 5.82 Å². The second-order valence-electron chi connectivity index (χ2n) is 7.24. The van der Waals surface area contributed by atoms with Crippen molar-refractivity contribution in [3.8, 4) is 11.5 Å². The molecular weight excluding hydrogens is 376 g/mol. The van der Waals surface area contributed by atoms with Gasteiger partial charge < -0.3 is 19.1 Å². The summed E-state index contributed by atoms with van der Waals surface area (Å²) in [6.45, 7) is 4.86. The molecule has 0 radical (unpaired) electrons. The number of nitrogens with zero attached hydrogens (tertiary/aromatic N) is 4. The molecule has 9 nitrogen and oxygen atoms in total. The second kappa shape index (κ2) is 8.28. The lowest BCUT2D eigenvalue weighted by Gasteiger charge is -2.31. The average molecular weight is 402 g/mol. The van der Waals surface area contributed by atoms with Crippen LogP contribution in [0.3, 0.4) is 0 Å². The topological polar surface area (TPSA) is 87.8 Å². The summed E-state index contributed by atoms with van der Waals surface area (Å²) >= 11 is 0. The fourth-order valence-electron chi connectivity index (χ4n) is 3.93.